The Morgan fingerprint density at radius 1 is 1.23 bits per heavy atom. The number of hydrogen-bond donors (Lipinski definition) is 1. The summed E-state index contributed by atoms with van der Waals surface area (Å²) in [5.41, 5.74) is 0.688. The quantitative estimate of drug-likeness (QED) is 0.253. The average molecular weight is 536 g/mol. The summed E-state index contributed by atoms with van der Waals surface area (Å²) in [6.07, 6.45) is 2.75. The van der Waals surface area contributed by atoms with Gasteiger partial charge in [-0.1, -0.05) is 24.3 Å². The molecule has 1 saturated heterocycles. The highest BCUT2D eigenvalue weighted by atomic mass is 127. The Labute approximate surface area is 191 Å². The highest BCUT2D eigenvalue weighted by molar-refractivity contribution is 14.1. The summed E-state index contributed by atoms with van der Waals surface area (Å²) in [5, 5.41) is 2.13. The Hall–Kier alpha value is -3.21. The van der Waals surface area contributed by atoms with E-state index in [1.165, 1.54) is 25.3 Å². The zero-order valence-electron chi connectivity index (χ0n) is 16.5. The SMILES string of the molecule is C=CCN1C(=O)NC(=O)C(=Cc2cc(I)c(OCc3ccccc3F)c(OC)c2)C1=O. The van der Waals surface area contributed by atoms with E-state index in [9.17, 15) is 18.8 Å². The maximum absolute atomic E-state index is 13.9. The summed E-state index contributed by atoms with van der Waals surface area (Å²) in [6, 6.07) is 8.75. The Morgan fingerprint density at radius 2 is 1.97 bits per heavy atom. The minimum absolute atomic E-state index is 0.00100. The van der Waals surface area contributed by atoms with Crippen LogP contribution in [0, 0.1) is 9.39 Å². The molecule has 2 aromatic carbocycles. The molecule has 4 amide bonds. The van der Waals surface area contributed by atoms with E-state index < -0.39 is 17.8 Å². The maximum atomic E-state index is 13.9. The summed E-state index contributed by atoms with van der Waals surface area (Å²) in [6.45, 7) is 3.48. The number of nitrogens with one attached hydrogen (secondary N) is 1. The van der Waals surface area contributed by atoms with Gasteiger partial charge in [-0.15, -0.1) is 6.58 Å². The summed E-state index contributed by atoms with van der Waals surface area (Å²) >= 11 is 2.02. The van der Waals surface area contributed by atoms with Crippen LogP contribution in [0.5, 0.6) is 11.5 Å². The van der Waals surface area contributed by atoms with Crippen LogP contribution < -0.4 is 14.8 Å². The highest BCUT2D eigenvalue weighted by Crippen LogP contribution is 2.35. The lowest BCUT2D eigenvalue weighted by Gasteiger charge is -2.25. The molecule has 0 radical (unpaired) electrons. The molecule has 0 aliphatic carbocycles. The maximum Gasteiger partial charge on any atom is 0.331 e. The fourth-order valence-electron chi connectivity index (χ4n) is 2.88. The van der Waals surface area contributed by atoms with Gasteiger partial charge in [0.1, 0.15) is 18.0 Å². The summed E-state index contributed by atoms with van der Waals surface area (Å²) in [4.78, 5) is 37.5. The minimum Gasteiger partial charge on any atom is -0.493 e. The molecule has 31 heavy (non-hydrogen) atoms. The number of urea groups is 1. The zero-order chi connectivity index (χ0) is 22.5. The van der Waals surface area contributed by atoms with Crippen molar-refractivity contribution < 1.29 is 28.2 Å². The Morgan fingerprint density at radius 3 is 2.65 bits per heavy atom. The lowest BCUT2D eigenvalue weighted by Crippen LogP contribution is -2.54. The third-order valence-corrected chi connectivity index (χ3v) is 5.19. The predicted octanol–water partition coefficient (Wildman–Crippen LogP) is 3.67. The molecule has 0 spiro atoms. The first-order valence-electron chi connectivity index (χ1n) is 9.09. The number of hydrogen-bond acceptors (Lipinski definition) is 5. The van der Waals surface area contributed by atoms with Crippen molar-refractivity contribution in [2.75, 3.05) is 13.7 Å². The van der Waals surface area contributed by atoms with Crippen LogP contribution in [0.15, 0.2) is 54.6 Å². The van der Waals surface area contributed by atoms with Gasteiger partial charge < -0.3 is 9.47 Å². The zero-order valence-corrected chi connectivity index (χ0v) is 18.6. The van der Waals surface area contributed by atoms with Gasteiger partial charge >= 0.3 is 6.03 Å². The molecule has 3 rings (SSSR count). The van der Waals surface area contributed by atoms with E-state index in [1.54, 1.807) is 30.3 Å². The van der Waals surface area contributed by atoms with Crippen LogP contribution in [0.4, 0.5) is 9.18 Å². The fourth-order valence-corrected chi connectivity index (χ4v) is 3.67. The molecule has 0 saturated carbocycles. The van der Waals surface area contributed by atoms with Gasteiger partial charge in [0, 0.05) is 12.1 Å². The smallest absolute Gasteiger partial charge is 0.331 e. The molecule has 1 fully saturated rings. The van der Waals surface area contributed by atoms with E-state index in [0.717, 1.165) is 4.90 Å². The number of carbonyl (C=O) groups excluding carboxylic acids is 3. The molecule has 0 unspecified atom stereocenters. The second-order valence-corrected chi connectivity index (χ2v) is 7.60. The number of ether oxygens (including phenoxy) is 2. The van der Waals surface area contributed by atoms with Crippen LogP contribution in [-0.4, -0.2) is 36.4 Å². The first kappa shape index (κ1) is 22.5. The number of imide groups is 2. The molecule has 1 N–H and O–H groups in total. The van der Waals surface area contributed by atoms with E-state index in [4.69, 9.17) is 9.47 Å². The van der Waals surface area contributed by atoms with Gasteiger partial charge in [0.2, 0.25) is 0 Å². The Kier molecular flexibility index (Phi) is 7.06. The normalized spacial score (nSPS) is 15.1. The monoisotopic (exact) mass is 536 g/mol. The van der Waals surface area contributed by atoms with Crippen molar-refractivity contribution in [3.8, 4) is 11.5 Å². The number of barbiturate groups is 1. The number of amides is 4. The van der Waals surface area contributed by atoms with E-state index in [2.05, 4.69) is 11.9 Å². The predicted molar refractivity (Wildman–Crippen MR) is 120 cm³/mol. The largest absolute Gasteiger partial charge is 0.493 e. The molecule has 0 bridgehead atoms. The van der Waals surface area contributed by atoms with E-state index >= 15 is 0 Å². The first-order chi connectivity index (χ1) is 14.8. The van der Waals surface area contributed by atoms with Crippen LogP contribution in [0.25, 0.3) is 6.08 Å². The lowest BCUT2D eigenvalue weighted by molar-refractivity contribution is -0.129. The molecule has 0 aromatic heterocycles. The van der Waals surface area contributed by atoms with Crippen molar-refractivity contribution in [1.82, 2.24) is 10.2 Å². The van der Waals surface area contributed by atoms with Gasteiger partial charge in [0.25, 0.3) is 11.8 Å². The summed E-state index contributed by atoms with van der Waals surface area (Å²) in [5.74, 6) is -1.14. The van der Waals surface area contributed by atoms with Crippen molar-refractivity contribution in [3.05, 3.63) is 75.1 Å². The third kappa shape index (κ3) is 4.93. The van der Waals surface area contributed by atoms with E-state index in [1.807, 2.05) is 22.6 Å². The van der Waals surface area contributed by atoms with Gasteiger partial charge in [-0.25, -0.2) is 9.18 Å². The fraction of sp³-hybridized carbons (Fsp3) is 0.136. The van der Waals surface area contributed by atoms with Crippen molar-refractivity contribution in [2.45, 2.75) is 6.61 Å². The molecule has 2 aromatic rings. The Balaban J connectivity index is 1.91. The first-order valence-corrected chi connectivity index (χ1v) is 10.2. The summed E-state index contributed by atoms with van der Waals surface area (Å²) in [7, 11) is 1.45. The minimum atomic E-state index is -0.795. The number of halogens is 2. The second-order valence-electron chi connectivity index (χ2n) is 6.44. The van der Waals surface area contributed by atoms with E-state index in [-0.39, 0.29) is 24.5 Å². The average Bonchev–Trinajstić information content (AvgIpc) is 2.74. The standard InChI is InChI=1S/C22H18FIN2O5/c1-3-8-26-21(28)15(20(27)25-22(26)29)9-13-10-17(24)19(18(11-13)30-2)31-12-14-6-4-5-7-16(14)23/h3-7,9-11H,1,8,12H2,2H3,(H,25,27,29). The molecule has 160 valence electrons. The molecule has 1 aliphatic heterocycles. The van der Waals surface area contributed by atoms with Crippen molar-refractivity contribution in [1.29, 1.82) is 0 Å². The second kappa shape index (κ2) is 9.73. The van der Waals surface area contributed by atoms with Crippen LogP contribution in [-0.2, 0) is 16.2 Å². The van der Waals surface area contributed by atoms with Crippen molar-refractivity contribution in [2.24, 2.45) is 0 Å². The number of benzene rings is 2. The van der Waals surface area contributed by atoms with Crippen LogP contribution >= 0.6 is 22.6 Å². The molecule has 1 aliphatic rings. The molecule has 0 atom stereocenters. The van der Waals surface area contributed by atoms with Gasteiger partial charge in [0.05, 0.1) is 10.7 Å². The molecule has 9 heteroatoms. The lowest BCUT2D eigenvalue weighted by atomic mass is 10.1. The van der Waals surface area contributed by atoms with E-state index in [0.29, 0.717) is 26.2 Å². The molecule has 7 nitrogen and oxygen atoms in total. The molecule has 1 heterocycles. The topological polar surface area (TPSA) is 84.9 Å². The van der Waals surface area contributed by atoms with Crippen molar-refractivity contribution >= 4 is 46.5 Å². The van der Waals surface area contributed by atoms with Crippen LogP contribution in [0.1, 0.15) is 11.1 Å². The van der Waals surface area contributed by atoms with Gasteiger partial charge in [-0.3, -0.25) is 19.8 Å². The van der Waals surface area contributed by atoms with Crippen molar-refractivity contribution in [3.63, 3.8) is 0 Å². The number of rotatable bonds is 7. The number of nitrogens with zero attached hydrogens (tertiary/aromatic N) is 1. The highest BCUT2D eigenvalue weighted by Gasteiger charge is 2.35. The Bertz CT molecular complexity index is 1100. The summed E-state index contributed by atoms with van der Waals surface area (Å²) < 4.78 is 25.7. The number of carbonyl (C=O) groups is 3. The van der Waals surface area contributed by atoms with Gasteiger partial charge in [0.15, 0.2) is 11.5 Å². The third-order valence-electron chi connectivity index (χ3n) is 4.39. The van der Waals surface area contributed by atoms with Gasteiger partial charge in [-0.2, -0.15) is 0 Å². The van der Waals surface area contributed by atoms with Crippen LogP contribution in [0.3, 0.4) is 0 Å². The number of methoxy groups -OCH3 is 1. The van der Waals surface area contributed by atoms with Gasteiger partial charge in [-0.05, 0) is 52.4 Å². The molecular weight excluding hydrogens is 518 g/mol. The van der Waals surface area contributed by atoms with Crippen LogP contribution in [0.2, 0.25) is 0 Å². The molecular formula is C22H18FIN2O5.